The molecule has 0 saturated carbocycles. The van der Waals surface area contributed by atoms with Gasteiger partial charge in [0.15, 0.2) is 0 Å². The summed E-state index contributed by atoms with van der Waals surface area (Å²) in [5, 5.41) is 7.33. The van der Waals surface area contributed by atoms with E-state index >= 15 is 0 Å². The SMILES string of the molecule is Cn1cc(SCCCC(=O)Nc2ccc(N)cc2Cl)cn1. The fraction of sp³-hybridized carbons (Fsp3) is 0.286. The van der Waals surface area contributed by atoms with Crippen LogP contribution in [0.4, 0.5) is 11.4 Å². The summed E-state index contributed by atoms with van der Waals surface area (Å²) in [6.07, 6.45) is 5.02. The van der Waals surface area contributed by atoms with E-state index in [1.807, 2.05) is 19.4 Å². The van der Waals surface area contributed by atoms with Crippen LogP contribution in [0, 0.1) is 0 Å². The number of carbonyl (C=O) groups is 1. The first-order valence-electron chi connectivity index (χ1n) is 6.51. The number of nitrogens with two attached hydrogens (primary N) is 1. The van der Waals surface area contributed by atoms with Gasteiger partial charge in [-0.2, -0.15) is 5.10 Å². The highest BCUT2D eigenvalue weighted by atomic mass is 35.5. The number of hydrogen-bond acceptors (Lipinski definition) is 4. The lowest BCUT2D eigenvalue weighted by Gasteiger charge is -2.07. The third-order valence-electron chi connectivity index (χ3n) is 2.77. The Bertz CT molecular complexity index is 629. The summed E-state index contributed by atoms with van der Waals surface area (Å²) >= 11 is 7.70. The molecule has 0 saturated heterocycles. The molecule has 0 aliphatic heterocycles. The van der Waals surface area contributed by atoms with Gasteiger partial charge in [-0.3, -0.25) is 9.48 Å². The van der Waals surface area contributed by atoms with Crippen LogP contribution in [0.15, 0.2) is 35.5 Å². The molecule has 0 fully saturated rings. The van der Waals surface area contributed by atoms with E-state index in [1.165, 1.54) is 0 Å². The lowest BCUT2D eigenvalue weighted by atomic mass is 10.2. The van der Waals surface area contributed by atoms with Crippen molar-refractivity contribution < 1.29 is 4.79 Å². The van der Waals surface area contributed by atoms with Gasteiger partial charge in [-0.1, -0.05) is 11.6 Å². The number of anilines is 2. The van der Waals surface area contributed by atoms with Crippen molar-refractivity contribution in [1.29, 1.82) is 0 Å². The number of nitrogens with one attached hydrogen (secondary N) is 1. The van der Waals surface area contributed by atoms with Crippen molar-refractivity contribution in [1.82, 2.24) is 9.78 Å². The Morgan fingerprint density at radius 1 is 1.52 bits per heavy atom. The molecular formula is C14H17ClN4OS. The Hall–Kier alpha value is -1.66. The minimum absolute atomic E-state index is 0.0477. The van der Waals surface area contributed by atoms with Crippen LogP contribution in [0.25, 0.3) is 0 Å². The number of carbonyl (C=O) groups excluding carboxylic acids is 1. The molecule has 21 heavy (non-hydrogen) atoms. The second-order valence-corrected chi connectivity index (χ2v) is 6.16. The second kappa shape index (κ2) is 7.38. The number of thioether (sulfide) groups is 1. The summed E-state index contributed by atoms with van der Waals surface area (Å²) in [4.78, 5) is 12.9. The quantitative estimate of drug-likeness (QED) is 0.486. The Kier molecular flexibility index (Phi) is 5.52. The molecule has 0 aliphatic rings. The summed E-state index contributed by atoms with van der Waals surface area (Å²) in [5.74, 6) is 0.822. The number of aromatic nitrogens is 2. The highest BCUT2D eigenvalue weighted by Crippen LogP contribution is 2.24. The first-order valence-corrected chi connectivity index (χ1v) is 7.87. The Morgan fingerprint density at radius 3 is 3.00 bits per heavy atom. The number of nitrogen functional groups attached to an aromatic ring is 1. The molecule has 0 bridgehead atoms. The van der Waals surface area contributed by atoms with Crippen LogP contribution < -0.4 is 11.1 Å². The third-order valence-corrected chi connectivity index (χ3v) is 4.11. The molecule has 0 atom stereocenters. The summed E-state index contributed by atoms with van der Waals surface area (Å²) < 4.78 is 1.76. The number of nitrogens with zero attached hydrogens (tertiary/aromatic N) is 2. The molecular weight excluding hydrogens is 308 g/mol. The monoisotopic (exact) mass is 324 g/mol. The molecule has 7 heteroatoms. The van der Waals surface area contributed by atoms with Crippen LogP contribution in [0.3, 0.4) is 0 Å². The molecule has 0 spiro atoms. The van der Waals surface area contributed by atoms with Crippen molar-refractivity contribution in [2.45, 2.75) is 17.7 Å². The van der Waals surface area contributed by atoms with Crippen LogP contribution in [-0.2, 0) is 11.8 Å². The molecule has 112 valence electrons. The molecule has 2 aromatic rings. The van der Waals surface area contributed by atoms with Crippen LogP contribution in [0.1, 0.15) is 12.8 Å². The van der Waals surface area contributed by atoms with Gasteiger partial charge in [0.1, 0.15) is 0 Å². The molecule has 0 unspecified atom stereocenters. The Balaban J connectivity index is 1.72. The number of halogens is 1. The topological polar surface area (TPSA) is 72.9 Å². The van der Waals surface area contributed by atoms with Gasteiger partial charge in [-0.25, -0.2) is 0 Å². The van der Waals surface area contributed by atoms with Crippen molar-refractivity contribution >= 4 is 40.6 Å². The number of rotatable bonds is 6. The van der Waals surface area contributed by atoms with E-state index in [2.05, 4.69) is 10.4 Å². The molecule has 5 nitrogen and oxygen atoms in total. The van der Waals surface area contributed by atoms with Gasteiger partial charge >= 0.3 is 0 Å². The number of benzene rings is 1. The largest absolute Gasteiger partial charge is 0.399 e. The van der Waals surface area contributed by atoms with Crippen molar-refractivity contribution in [3.05, 3.63) is 35.6 Å². The van der Waals surface area contributed by atoms with Crippen molar-refractivity contribution in [2.75, 3.05) is 16.8 Å². The van der Waals surface area contributed by atoms with Crippen LogP contribution in [0.2, 0.25) is 5.02 Å². The van der Waals surface area contributed by atoms with Gasteiger partial charge in [-0.15, -0.1) is 11.8 Å². The second-order valence-electron chi connectivity index (χ2n) is 4.59. The third kappa shape index (κ3) is 4.99. The first-order chi connectivity index (χ1) is 10.0. The van der Waals surface area contributed by atoms with Gasteiger partial charge < -0.3 is 11.1 Å². The van der Waals surface area contributed by atoms with Crippen molar-refractivity contribution in [2.24, 2.45) is 7.05 Å². The normalized spacial score (nSPS) is 10.6. The minimum Gasteiger partial charge on any atom is -0.399 e. The van der Waals surface area contributed by atoms with Crippen LogP contribution in [0.5, 0.6) is 0 Å². The van der Waals surface area contributed by atoms with Gasteiger partial charge in [0, 0.05) is 30.2 Å². The molecule has 3 N–H and O–H groups in total. The molecule has 1 heterocycles. The summed E-state index contributed by atoms with van der Waals surface area (Å²) in [6.45, 7) is 0. The lowest BCUT2D eigenvalue weighted by molar-refractivity contribution is -0.116. The van der Waals surface area contributed by atoms with E-state index < -0.39 is 0 Å². The molecule has 1 aromatic carbocycles. The van der Waals surface area contributed by atoms with E-state index in [-0.39, 0.29) is 5.91 Å². The van der Waals surface area contributed by atoms with Crippen LogP contribution >= 0.6 is 23.4 Å². The lowest BCUT2D eigenvalue weighted by Crippen LogP contribution is -2.11. The smallest absolute Gasteiger partial charge is 0.224 e. The number of aryl methyl sites for hydroxylation is 1. The molecule has 2 rings (SSSR count). The van der Waals surface area contributed by atoms with E-state index in [9.17, 15) is 4.79 Å². The van der Waals surface area contributed by atoms with Gasteiger partial charge in [-0.05, 0) is 30.4 Å². The zero-order chi connectivity index (χ0) is 15.2. The van der Waals surface area contributed by atoms with E-state index in [4.69, 9.17) is 17.3 Å². The summed E-state index contributed by atoms with van der Waals surface area (Å²) in [6, 6.07) is 5.04. The Morgan fingerprint density at radius 2 is 2.33 bits per heavy atom. The maximum atomic E-state index is 11.8. The van der Waals surface area contributed by atoms with E-state index in [0.29, 0.717) is 22.8 Å². The highest BCUT2D eigenvalue weighted by molar-refractivity contribution is 7.99. The van der Waals surface area contributed by atoms with Gasteiger partial charge in [0.2, 0.25) is 5.91 Å². The van der Waals surface area contributed by atoms with E-state index in [1.54, 1.807) is 34.6 Å². The van der Waals surface area contributed by atoms with Crippen LogP contribution in [-0.4, -0.2) is 21.4 Å². The summed E-state index contributed by atoms with van der Waals surface area (Å²) in [7, 11) is 1.88. The standard InChI is InChI=1S/C14H17ClN4OS/c1-19-9-11(8-17-19)21-6-2-3-14(20)18-13-5-4-10(16)7-12(13)15/h4-5,7-9H,2-3,6,16H2,1H3,(H,18,20). The minimum atomic E-state index is -0.0477. The first kappa shape index (κ1) is 15.7. The Labute approximate surface area is 132 Å². The maximum Gasteiger partial charge on any atom is 0.224 e. The van der Waals surface area contributed by atoms with Gasteiger partial charge in [0.05, 0.1) is 16.9 Å². The molecule has 0 radical (unpaired) electrons. The predicted molar refractivity (Wildman–Crippen MR) is 87.7 cm³/mol. The number of hydrogen-bond donors (Lipinski definition) is 2. The molecule has 0 aliphatic carbocycles. The van der Waals surface area contributed by atoms with Gasteiger partial charge in [0.25, 0.3) is 0 Å². The highest BCUT2D eigenvalue weighted by Gasteiger charge is 2.06. The summed E-state index contributed by atoms with van der Waals surface area (Å²) in [5.41, 5.74) is 6.78. The average Bonchev–Trinajstić information content (AvgIpc) is 2.84. The zero-order valence-corrected chi connectivity index (χ0v) is 13.2. The molecule has 1 aromatic heterocycles. The number of amides is 1. The zero-order valence-electron chi connectivity index (χ0n) is 11.7. The van der Waals surface area contributed by atoms with Crippen molar-refractivity contribution in [3.8, 4) is 0 Å². The average molecular weight is 325 g/mol. The fourth-order valence-corrected chi connectivity index (χ4v) is 2.85. The van der Waals surface area contributed by atoms with Crippen molar-refractivity contribution in [3.63, 3.8) is 0 Å². The maximum absolute atomic E-state index is 11.8. The molecule has 1 amide bonds. The fourth-order valence-electron chi connectivity index (χ4n) is 1.74. The van der Waals surface area contributed by atoms with E-state index in [0.717, 1.165) is 17.1 Å². The predicted octanol–water partition coefficient (Wildman–Crippen LogP) is 3.17.